The minimum absolute atomic E-state index is 0.0864. The Balaban J connectivity index is 2.97. The van der Waals surface area contributed by atoms with Crippen LogP contribution < -0.4 is 5.73 Å². The maximum absolute atomic E-state index is 13.5. The number of oxime groups is 1. The van der Waals surface area contributed by atoms with Crippen molar-refractivity contribution in [3.63, 3.8) is 0 Å². The number of nitrogens with two attached hydrogens (primary N) is 1. The number of alkyl halides is 3. The molecule has 0 aromatic carbocycles. The second-order valence-electron chi connectivity index (χ2n) is 5.48. The molecule has 0 aromatic heterocycles. The average Bonchev–Trinajstić information content (AvgIpc) is 2.96. The van der Waals surface area contributed by atoms with E-state index in [-0.39, 0.29) is 21.3 Å². The predicted molar refractivity (Wildman–Crippen MR) is 96.3 cm³/mol. The lowest BCUT2D eigenvalue weighted by molar-refractivity contribution is -0.267. The maximum atomic E-state index is 13.5. The van der Waals surface area contributed by atoms with Crippen LogP contribution >= 0.6 is 23.2 Å². The molecule has 2 N–H and O–H groups in total. The molecular weight excluding hydrogens is 376 g/mol. The van der Waals surface area contributed by atoms with E-state index in [1.807, 2.05) is 0 Å². The van der Waals surface area contributed by atoms with Gasteiger partial charge in [0.15, 0.2) is 0 Å². The molecule has 1 aliphatic heterocycles. The summed E-state index contributed by atoms with van der Waals surface area (Å²) in [4.78, 5) is 4.79. The predicted octanol–water partition coefficient (Wildman–Crippen LogP) is 5.69. The van der Waals surface area contributed by atoms with Gasteiger partial charge >= 0.3 is 6.18 Å². The molecule has 8 heteroatoms. The van der Waals surface area contributed by atoms with Gasteiger partial charge in [-0.2, -0.15) is 13.2 Å². The summed E-state index contributed by atoms with van der Waals surface area (Å²) in [7, 11) is 0. The van der Waals surface area contributed by atoms with Gasteiger partial charge in [0, 0.05) is 23.6 Å². The molecule has 0 spiro atoms. The molecule has 0 saturated carbocycles. The van der Waals surface area contributed by atoms with Crippen LogP contribution in [-0.2, 0) is 4.84 Å². The van der Waals surface area contributed by atoms with Crippen LogP contribution in [0.4, 0.5) is 13.2 Å². The van der Waals surface area contributed by atoms with E-state index in [1.54, 1.807) is 19.9 Å². The summed E-state index contributed by atoms with van der Waals surface area (Å²) in [5, 5.41) is 4.03. The number of rotatable bonds is 6. The molecule has 138 valence electrons. The number of halogens is 5. The highest BCUT2D eigenvalue weighted by Gasteiger charge is 2.60. The standard InChI is InChI=1S/C17H19Cl2F3N2O/c1-4-5-13(18)8-9-16(17(20,21)22)10-15(24-25-16)11(2)6-7-14(19)12(3)23/h4-8H,2,9-10,23H2,1,3H3/b5-4-,7-6-,13-8+,14-12-. The van der Waals surface area contributed by atoms with Crippen LogP contribution in [0.3, 0.4) is 0 Å². The largest absolute Gasteiger partial charge is 0.431 e. The minimum Gasteiger partial charge on any atom is -0.401 e. The highest BCUT2D eigenvalue weighted by molar-refractivity contribution is 6.31. The topological polar surface area (TPSA) is 47.6 Å². The van der Waals surface area contributed by atoms with Crippen LogP contribution in [0.1, 0.15) is 26.7 Å². The van der Waals surface area contributed by atoms with Crippen molar-refractivity contribution in [1.82, 2.24) is 0 Å². The Hall–Kier alpha value is -1.66. The Bertz CT molecular complexity index is 672. The fraction of sp³-hybridized carbons (Fsp3) is 0.353. The summed E-state index contributed by atoms with van der Waals surface area (Å²) in [6.45, 7) is 7.01. The van der Waals surface area contributed by atoms with Gasteiger partial charge in [-0.05, 0) is 31.6 Å². The van der Waals surface area contributed by atoms with E-state index in [9.17, 15) is 13.2 Å². The van der Waals surface area contributed by atoms with Gasteiger partial charge < -0.3 is 10.6 Å². The van der Waals surface area contributed by atoms with Gasteiger partial charge in [-0.25, -0.2) is 0 Å². The minimum atomic E-state index is -4.63. The van der Waals surface area contributed by atoms with E-state index >= 15 is 0 Å². The number of hydrogen-bond donors (Lipinski definition) is 1. The van der Waals surface area contributed by atoms with Crippen LogP contribution in [0.5, 0.6) is 0 Å². The van der Waals surface area contributed by atoms with Crippen LogP contribution in [-0.4, -0.2) is 17.5 Å². The SMILES string of the molecule is C=C(/C=C\C(Cl)=C(/C)N)C1=NOC(C/C=C(Cl)\C=C/C)(C(F)(F)F)C1. The lowest BCUT2D eigenvalue weighted by Crippen LogP contribution is -2.45. The molecule has 0 aliphatic carbocycles. The van der Waals surface area contributed by atoms with Crippen LogP contribution in [0.15, 0.2) is 63.4 Å². The third-order valence-corrected chi connectivity index (χ3v) is 4.14. The van der Waals surface area contributed by atoms with Crippen molar-refractivity contribution in [3.8, 4) is 0 Å². The summed E-state index contributed by atoms with van der Waals surface area (Å²) in [6, 6.07) is 0. The summed E-state index contributed by atoms with van der Waals surface area (Å²) >= 11 is 11.7. The van der Waals surface area contributed by atoms with Gasteiger partial charge in [0.1, 0.15) is 0 Å². The van der Waals surface area contributed by atoms with E-state index < -0.39 is 24.6 Å². The molecule has 1 aliphatic rings. The van der Waals surface area contributed by atoms with Crippen LogP contribution in [0.2, 0.25) is 0 Å². The molecule has 25 heavy (non-hydrogen) atoms. The maximum Gasteiger partial charge on any atom is 0.431 e. The Morgan fingerprint density at radius 1 is 1.36 bits per heavy atom. The fourth-order valence-electron chi connectivity index (χ4n) is 1.92. The van der Waals surface area contributed by atoms with Gasteiger partial charge in [-0.3, -0.25) is 0 Å². The third-order valence-electron chi connectivity index (χ3n) is 3.43. The molecular formula is C17H19Cl2F3N2O. The Kier molecular flexibility index (Phi) is 7.38. The van der Waals surface area contributed by atoms with Gasteiger partial charge in [0.05, 0.1) is 10.7 Å². The van der Waals surface area contributed by atoms with Crippen molar-refractivity contribution >= 4 is 28.9 Å². The van der Waals surface area contributed by atoms with Gasteiger partial charge in [-0.1, -0.05) is 53.2 Å². The summed E-state index contributed by atoms with van der Waals surface area (Å²) < 4.78 is 40.6. The van der Waals surface area contributed by atoms with Crippen molar-refractivity contribution in [3.05, 3.63) is 58.3 Å². The second kappa shape index (κ2) is 8.63. The molecule has 1 atom stereocenters. The molecule has 3 nitrogen and oxygen atoms in total. The molecule has 0 bridgehead atoms. The average molecular weight is 395 g/mol. The Labute approximate surface area is 155 Å². The van der Waals surface area contributed by atoms with E-state index in [0.717, 1.165) is 0 Å². The second-order valence-corrected chi connectivity index (χ2v) is 6.32. The summed E-state index contributed by atoms with van der Waals surface area (Å²) in [5.41, 5.74) is 3.76. The first-order valence-electron chi connectivity index (χ1n) is 7.32. The Morgan fingerprint density at radius 2 is 2.00 bits per heavy atom. The van der Waals surface area contributed by atoms with Gasteiger partial charge in [-0.15, -0.1) is 0 Å². The van der Waals surface area contributed by atoms with Crippen molar-refractivity contribution in [2.75, 3.05) is 0 Å². The number of nitrogens with zero attached hydrogens (tertiary/aromatic N) is 1. The lowest BCUT2D eigenvalue weighted by Gasteiger charge is -2.27. The lowest BCUT2D eigenvalue weighted by atomic mass is 9.90. The van der Waals surface area contributed by atoms with E-state index in [1.165, 1.54) is 24.3 Å². The molecule has 0 fully saturated rings. The zero-order valence-electron chi connectivity index (χ0n) is 13.8. The highest BCUT2D eigenvalue weighted by atomic mass is 35.5. The first-order valence-corrected chi connectivity index (χ1v) is 8.07. The quantitative estimate of drug-likeness (QED) is 0.587. The molecule has 0 radical (unpaired) electrons. The van der Waals surface area contributed by atoms with Crippen LogP contribution in [0, 0.1) is 0 Å². The van der Waals surface area contributed by atoms with Crippen molar-refractivity contribution in [2.24, 2.45) is 10.9 Å². The third kappa shape index (κ3) is 5.68. The number of allylic oxidation sites excluding steroid dienone is 8. The molecule has 1 rings (SSSR count). The van der Waals surface area contributed by atoms with Crippen molar-refractivity contribution in [2.45, 2.75) is 38.5 Å². The smallest absolute Gasteiger partial charge is 0.401 e. The van der Waals surface area contributed by atoms with E-state index in [2.05, 4.69) is 11.7 Å². The normalized spacial score (nSPS) is 23.0. The van der Waals surface area contributed by atoms with Gasteiger partial charge in [0.2, 0.25) is 5.60 Å². The summed E-state index contributed by atoms with van der Waals surface area (Å²) in [6.07, 6.45) is 1.69. The molecule has 0 amide bonds. The Morgan fingerprint density at radius 3 is 2.52 bits per heavy atom. The highest BCUT2D eigenvalue weighted by Crippen LogP contribution is 2.44. The first kappa shape index (κ1) is 21.4. The van der Waals surface area contributed by atoms with E-state index in [0.29, 0.717) is 5.70 Å². The van der Waals surface area contributed by atoms with Crippen molar-refractivity contribution < 1.29 is 18.0 Å². The van der Waals surface area contributed by atoms with Gasteiger partial charge in [0.25, 0.3) is 0 Å². The van der Waals surface area contributed by atoms with E-state index in [4.69, 9.17) is 33.8 Å². The molecule has 0 saturated heterocycles. The monoisotopic (exact) mass is 394 g/mol. The number of hydrogen-bond acceptors (Lipinski definition) is 3. The molecule has 0 aromatic rings. The fourth-order valence-corrected chi connectivity index (χ4v) is 2.18. The van der Waals surface area contributed by atoms with Crippen molar-refractivity contribution in [1.29, 1.82) is 0 Å². The molecule has 1 unspecified atom stereocenters. The zero-order valence-corrected chi connectivity index (χ0v) is 15.3. The molecule has 1 heterocycles. The first-order chi connectivity index (χ1) is 11.5. The zero-order chi connectivity index (χ0) is 19.3. The summed E-state index contributed by atoms with van der Waals surface area (Å²) in [5.74, 6) is 0. The van der Waals surface area contributed by atoms with Crippen LogP contribution in [0.25, 0.3) is 0 Å².